The van der Waals surface area contributed by atoms with E-state index in [0.29, 0.717) is 5.16 Å². The van der Waals surface area contributed by atoms with Gasteiger partial charge in [0.1, 0.15) is 5.75 Å². The summed E-state index contributed by atoms with van der Waals surface area (Å²) < 4.78 is 8.92. The number of carbonyl (C=O) groups excluding carboxylic acids is 1. The molecular weight excluding hydrogens is 350 g/mol. The number of hydrogen-bond donors (Lipinski definition) is 0. The zero-order valence-corrected chi connectivity index (χ0v) is 16.1. The van der Waals surface area contributed by atoms with Crippen molar-refractivity contribution in [2.75, 3.05) is 12.9 Å². The Balaban J connectivity index is 1.74. The molecule has 136 valence electrons. The van der Waals surface area contributed by atoms with Gasteiger partial charge in [0.15, 0.2) is 5.78 Å². The molecule has 1 aromatic carbocycles. The summed E-state index contributed by atoms with van der Waals surface area (Å²) in [6.07, 6.45) is 0. The number of carbonyl (C=O) groups is 1. The second-order valence-corrected chi connectivity index (χ2v) is 6.75. The van der Waals surface area contributed by atoms with Gasteiger partial charge < -0.3 is 9.30 Å². The van der Waals surface area contributed by atoms with Gasteiger partial charge in [-0.3, -0.25) is 4.79 Å². The molecule has 2 heterocycles. The van der Waals surface area contributed by atoms with Crippen LogP contribution in [0.3, 0.4) is 0 Å². The van der Waals surface area contributed by atoms with E-state index in [2.05, 4.69) is 27.0 Å². The predicted molar refractivity (Wildman–Crippen MR) is 100 cm³/mol. The number of Topliss-reactive ketones (excluding diaryl/α,β-unsaturated/α-hetero) is 1. The SMILES string of the molecule is CCn1c(C)cc(C(=O)CSc2nnnn2-c2ccc(OC)cc2)c1C. The van der Waals surface area contributed by atoms with Crippen LogP contribution < -0.4 is 4.74 Å². The van der Waals surface area contributed by atoms with Gasteiger partial charge in [-0.05, 0) is 61.5 Å². The van der Waals surface area contributed by atoms with Crippen molar-refractivity contribution < 1.29 is 9.53 Å². The van der Waals surface area contributed by atoms with Crippen LogP contribution in [-0.4, -0.2) is 43.4 Å². The molecule has 3 aromatic rings. The molecule has 2 aromatic heterocycles. The number of nitrogens with zero attached hydrogens (tertiary/aromatic N) is 5. The number of aryl methyl sites for hydroxylation is 1. The lowest BCUT2D eigenvalue weighted by Gasteiger charge is -2.06. The van der Waals surface area contributed by atoms with Crippen LogP contribution in [0.25, 0.3) is 5.69 Å². The van der Waals surface area contributed by atoms with E-state index in [1.54, 1.807) is 11.8 Å². The maximum absolute atomic E-state index is 12.6. The number of methoxy groups -OCH3 is 1. The van der Waals surface area contributed by atoms with Crippen LogP contribution >= 0.6 is 11.8 Å². The normalized spacial score (nSPS) is 10.9. The van der Waals surface area contributed by atoms with Crippen LogP contribution in [0.1, 0.15) is 28.7 Å². The zero-order chi connectivity index (χ0) is 18.7. The van der Waals surface area contributed by atoms with E-state index in [1.807, 2.05) is 44.2 Å². The van der Waals surface area contributed by atoms with E-state index in [9.17, 15) is 4.79 Å². The number of ketones is 1. The zero-order valence-electron chi connectivity index (χ0n) is 15.3. The van der Waals surface area contributed by atoms with Crippen molar-refractivity contribution in [2.24, 2.45) is 0 Å². The number of aromatic nitrogens is 5. The summed E-state index contributed by atoms with van der Waals surface area (Å²) in [5.74, 6) is 1.12. The average Bonchev–Trinajstić information content (AvgIpc) is 3.23. The van der Waals surface area contributed by atoms with Crippen LogP contribution in [0.2, 0.25) is 0 Å². The topological polar surface area (TPSA) is 74.8 Å². The van der Waals surface area contributed by atoms with Crippen LogP contribution in [0, 0.1) is 13.8 Å². The minimum absolute atomic E-state index is 0.0760. The molecule has 0 saturated heterocycles. The monoisotopic (exact) mass is 371 g/mol. The van der Waals surface area contributed by atoms with Crippen molar-refractivity contribution >= 4 is 17.5 Å². The van der Waals surface area contributed by atoms with Gasteiger partial charge in [-0.25, -0.2) is 0 Å². The molecule has 0 saturated carbocycles. The standard InChI is InChI=1S/C18H21N5O2S/c1-5-22-12(2)10-16(13(22)3)17(24)11-26-18-19-20-21-23(18)14-6-8-15(25-4)9-7-14/h6-10H,5,11H2,1-4H3. The fourth-order valence-corrected chi connectivity index (χ4v) is 3.71. The number of tetrazole rings is 1. The van der Waals surface area contributed by atoms with Crippen molar-refractivity contribution in [1.82, 2.24) is 24.8 Å². The van der Waals surface area contributed by atoms with Gasteiger partial charge in [0.25, 0.3) is 0 Å². The Labute approximate surface area is 156 Å². The Morgan fingerprint density at radius 2 is 1.96 bits per heavy atom. The molecule has 0 aliphatic heterocycles. The average molecular weight is 371 g/mol. The molecule has 0 unspecified atom stereocenters. The van der Waals surface area contributed by atoms with Crippen molar-refractivity contribution in [1.29, 1.82) is 0 Å². The summed E-state index contributed by atoms with van der Waals surface area (Å²) in [6, 6.07) is 9.38. The highest BCUT2D eigenvalue weighted by atomic mass is 32.2. The number of hydrogen-bond acceptors (Lipinski definition) is 6. The molecule has 0 bridgehead atoms. The van der Waals surface area contributed by atoms with Gasteiger partial charge >= 0.3 is 0 Å². The lowest BCUT2D eigenvalue weighted by Crippen LogP contribution is -2.07. The summed E-state index contributed by atoms with van der Waals surface area (Å²) >= 11 is 1.33. The summed E-state index contributed by atoms with van der Waals surface area (Å²) in [5, 5.41) is 12.4. The highest BCUT2D eigenvalue weighted by molar-refractivity contribution is 7.99. The van der Waals surface area contributed by atoms with E-state index in [4.69, 9.17) is 4.74 Å². The molecule has 0 spiro atoms. The third-order valence-corrected chi connectivity index (χ3v) is 5.20. The third kappa shape index (κ3) is 3.50. The Kier molecular flexibility index (Phi) is 5.41. The lowest BCUT2D eigenvalue weighted by molar-refractivity contribution is 0.102. The van der Waals surface area contributed by atoms with Crippen molar-refractivity contribution in [2.45, 2.75) is 32.5 Å². The molecule has 0 fully saturated rings. The van der Waals surface area contributed by atoms with Crippen LogP contribution in [0.5, 0.6) is 5.75 Å². The van der Waals surface area contributed by atoms with Gasteiger partial charge in [0.2, 0.25) is 5.16 Å². The molecule has 0 amide bonds. The second kappa shape index (κ2) is 7.74. The quantitative estimate of drug-likeness (QED) is 0.469. The Hall–Kier alpha value is -2.61. The predicted octanol–water partition coefficient (Wildman–Crippen LogP) is 3.08. The highest BCUT2D eigenvalue weighted by Gasteiger charge is 2.17. The van der Waals surface area contributed by atoms with Gasteiger partial charge in [-0.15, -0.1) is 5.10 Å². The summed E-state index contributed by atoms with van der Waals surface area (Å²) in [4.78, 5) is 12.6. The first kappa shape index (κ1) is 18.2. The lowest BCUT2D eigenvalue weighted by atomic mass is 10.2. The minimum atomic E-state index is 0.0760. The molecule has 0 atom stereocenters. The summed E-state index contributed by atoms with van der Waals surface area (Å²) in [7, 11) is 1.62. The number of ether oxygens (including phenoxy) is 1. The molecule has 7 nitrogen and oxygen atoms in total. The van der Waals surface area contributed by atoms with Crippen molar-refractivity contribution in [3.63, 3.8) is 0 Å². The fourth-order valence-electron chi connectivity index (χ4n) is 2.93. The Bertz CT molecular complexity index is 914. The molecule has 0 N–H and O–H groups in total. The van der Waals surface area contributed by atoms with Gasteiger partial charge in [-0.2, -0.15) is 4.68 Å². The van der Waals surface area contributed by atoms with E-state index in [0.717, 1.165) is 34.9 Å². The highest BCUT2D eigenvalue weighted by Crippen LogP contribution is 2.23. The summed E-state index contributed by atoms with van der Waals surface area (Å²) in [6.45, 7) is 6.93. The number of rotatable bonds is 7. The maximum atomic E-state index is 12.6. The minimum Gasteiger partial charge on any atom is -0.497 e. The first-order valence-electron chi connectivity index (χ1n) is 8.30. The fraction of sp³-hybridized carbons (Fsp3) is 0.333. The molecule has 26 heavy (non-hydrogen) atoms. The maximum Gasteiger partial charge on any atom is 0.214 e. The molecular formula is C18H21N5O2S. The molecule has 3 rings (SSSR count). The molecule has 0 radical (unpaired) electrons. The molecule has 0 aliphatic rings. The first-order chi connectivity index (χ1) is 12.5. The van der Waals surface area contributed by atoms with Crippen LogP contribution in [0.4, 0.5) is 0 Å². The largest absolute Gasteiger partial charge is 0.497 e. The van der Waals surface area contributed by atoms with Gasteiger partial charge in [0, 0.05) is 23.5 Å². The summed E-state index contributed by atoms with van der Waals surface area (Å²) in [5.41, 5.74) is 3.68. The smallest absolute Gasteiger partial charge is 0.214 e. The van der Waals surface area contributed by atoms with Crippen LogP contribution in [-0.2, 0) is 6.54 Å². The van der Waals surface area contributed by atoms with Crippen molar-refractivity contribution in [3.05, 3.63) is 47.3 Å². The Morgan fingerprint density at radius 1 is 1.23 bits per heavy atom. The third-order valence-electron chi connectivity index (χ3n) is 4.28. The van der Waals surface area contributed by atoms with E-state index >= 15 is 0 Å². The molecule has 8 heteroatoms. The molecule has 0 aliphatic carbocycles. The van der Waals surface area contributed by atoms with E-state index < -0.39 is 0 Å². The number of benzene rings is 1. The van der Waals surface area contributed by atoms with Gasteiger partial charge in [0.05, 0.1) is 18.6 Å². The first-order valence-corrected chi connectivity index (χ1v) is 9.29. The van der Waals surface area contributed by atoms with E-state index in [1.165, 1.54) is 11.8 Å². The van der Waals surface area contributed by atoms with Crippen molar-refractivity contribution in [3.8, 4) is 11.4 Å². The number of thioether (sulfide) groups is 1. The van der Waals surface area contributed by atoms with Crippen LogP contribution in [0.15, 0.2) is 35.5 Å². The van der Waals surface area contributed by atoms with Gasteiger partial charge in [-0.1, -0.05) is 11.8 Å². The Morgan fingerprint density at radius 3 is 2.58 bits per heavy atom. The van der Waals surface area contributed by atoms with E-state index in [-0.39, 0.29) is 11.5 Å². The second-order valence-electron chi connectivity index (χ2n) is 5.81.